The van der Waals surface area contributed by atoms with Crippen LogP contribution in [0.15, 0.2) is 194 Å². The Hall–Kier alpha value is -6.64. The third-order valence-corrected chi connectivity index (χ3v) is 10.1. The molecule has 0 amide bonds. The first-order valence-corrected chi connectivity index (χ1v) is 17.2. The van der Waals surface area contributed by atoms with Gasteiger partial charge in [0.25, 0.3) is 0 Å². The number of hydrogen-bond acceptors (Lipinski definition) is 1. The van der Waals surface area contributed by atoms with Crippen LogP contribution in [0.4, 0.5) is 17.1 Å². The molecule has 2 heteroatoms. The highest BCUT2D eigenvalue weighted by Crippen LogP contribution is 2.47. The van der Waals surface area contributed by atoms with Gasteiger partial charge in [0, 0.05) is 38.6 Å². The predicted molar refractivity (Wildman–Crippen MR) is 213 cm³/mol. The Morgan fingerprint density at radius 1 is 0.340 bits per heavy atom. The molecular weight excluding hydrogens is 605 g/mol. The Morgan fingerprint density at radius 3 is 1.54 bits per heavy atom. The lowest BCUT2D eigenvalue weighted by Gasteiger charge is -2.28. The summed E-state index contributed by atoms with van der Waals surface area (Å²) in [4.78, 5) is 2.41. The van der Waals surface area contributed by atoms with Crippen LogP contribution in [0.2, 0.25) is 0 Å². The van der Waals surface area contributed by atoms with Gasteiger partial charge >= 0.3 is 0 Å². The maximum Gasteiger partial charge on any atom is 0.0546 e. The van der Waals surface area contributed by atoms with E-state index in [0.29, 0.717) is 0 Å². The lowest BCUT2D eigenvalue weighted by Crippen LogP contribution is -2.10. The molecular formula is C48H32N2. The molecule has 10 rings (SSSR count). The summed E-state index contributed by atoms with van der Waals surface area (Å²) in [6.45, 7) is 0. The van der Waals surface area contributed by atoms with Gasteiger partial charge in [0.15, 0.2) is 0 Å². The van der Waals surface area contributed by atoms with Crippen LogP contribution < -0.4 is 4.90 Å². The molecule has 0 atom stereocenters. The second-order valence-electron chi connectivity index (χ2n) is 12.9. The standard InChI is InChI=1S/C48H32N2/c1-4-16-34(17-5-1)49(35-18-6-2-7-19-35)46-29-15-27-42-39-23-11-10-22-38(39)41-26-14-25-37(47(41)48(42)46)33-30-31-45-43(32-33)40-24-12-13-28-44(40)50(45)36-20-8-3-9-21-36/h1-32H. The van der Waals surface area contributed by atoms with Crippen LogP contribution in [0.25, 0.3) is 70.9 Å². The summed E-state index contributed by atoms with van der Waals surface area (Å²) in [5, 5.41) is 10.0. The van der Waals surface area contributed by atoms with Crippen LogP contribution in [-0.2, 0) is 0 Å². The molecule has 0 radical (unpaired) electrons. The lowest BCUT2D eigenvalue weighted by atomic mass is 9.88. The van der Waals surface area contributed by atoms with Gasteiger partial charge in [0.1, 0.15) is 0 Å². The lowest BCUT2D eigenvalue weighted by molar-refractivity contribution is 1.18. The molecule has 0 aliphatic carbocycles. The Balaban J connectivity index is 1.33. The second kappa shape index (κ2) is 11.5. The Kier molecular flexibility index (Phi) is 6.53. The quantitative estimate of drug-likeness (QED) is 0.171. The van der Waals surface area contributed by atoms with Crippen LogP contribution >= 0.6 is 0 Å². The molecule has 9 aromatic carbocycles. The van der Waals surface area contributed by atoms with E-state index in [1.54, 1.807) is 0 Å². The molecule has 50 heavy (non-hydrogen) atoms. The highest BCUT2D eigenvalue weighted by Gasteiger charge is 2.21. The van der Waals surface area contributed by atoms with Crippen molar-refractivity contribution >= 4 is 71.2 Å². The third-order valence-electron chi connectivity index (χ3n) is 10.1. The van der Waals surface area contributed by atoms with Crippen LogP contribution in [0.3, 0.4) is 0 Å². The Labute approximate surface area is 290 Å². The number of aromatic nitrogens is 1. The van der Waals surface area contributed by atoms with Crippen molar-refractivity contribution in [2.45, 2.75) is 0 Å². The van der Waals surface area contributed by atoms with Crippen molar-refractivity contribution in [2.24, 2.45) is 0 Å². The molecule has 0 unspecified atom stereocenters. The molecule has 0 saturated carbocycles. The molecule has 0 spiro atoms. The van der Waals surface area contributed by atoms with Crippen molar-refractivity contribution in [1.29, 1.82) is 0 Å². The van der Waals surface area contributed by atoms with Gasteiger partial charge in [-0.25, -0.2) is 0 Å². The van der Waals surface area contributed by atoms with Crippen molar-refractivity contribution in [1.82, 2.24) is 4.57 Å². The molecule has 0 saturated heterocycles. The number of benzene rings is 9. The van der Waals surface area contributed by atoms with Crippen molar-refractivity contribution in [3.8, 4) is 16.8 Å². The third kappa shape index (κ3) is 4.36. The van der Waals surface area contributed by atoms with Gasteiger partial charge in [-0.05, 0) is 93.3 Å². The SMILES string of the molecule is c1ccc(N(c2ccccc2)c2cccc3c4ccccc4c4cccc(-c5ccc6c(c5)c5ccccc5n6-c5ccccc5)c4c23)cc1. The van der Waals surface area contributed by atoms with Crippen molar-refractivity contribution in [2.75, 3.05) is 4.90 Å². The maximum absolute atomic E-state index is 2.41. The van der Waals surface area contributed by atoms with Crippen molar-refractivity contribution in [3.05, 3.63) is 194 Å². The summed E-state index contributed by atoms with van der Waals surface area (Å²) in [6.07, 6.45) is 0. The number of fused-ring (bicyclic) bond motifs is 9. The zero-order valence-electron chi connectivity index (χ0n) is 27.4. The molecule has 0 fully saturated rings. The molecule has 0 N–H and O–H groups in total. The molecule has 0 bridgehead atoms. The Morgan fingerprint density at radius 2 is 0.860 bits per heavy atom. The summed E-state index contributed by atoms with van der Waals surface area (Å²) in [5.74, 6) is 0. The molecule has 0 aliphatic rings. The first kappa shape index (κ1) is 28.4. The van der Waals surface area contributed by atoms with Gasteiger partial charge in [-0.15, -0.1) is 0 Å². The van der Waals surface area contributed by atoms with E-state index in [1.807, 2.05) is 0 Å². The fourth-order valence-corrected chi connectivity index (χ4v) is 8.03. The van der Waals surface area contributed by atoms with Gasteiger partial charge in [-0.3, -0.25) is 0 Å². The number of rotatable bonds is 5. The molecule has 0 aliphatic heterocycles. The average Bonchev–Trinajstić information content (AvgIpc) is 3.53. The number of anilines is 3. The minimum Gasteiger partial charge on any atom is -0.310 e. The predicted octanol–water partition coefficient (Wildman–Crippen LogP) is 13.4. The van der Waals surface area contributed by atoms with Gasteiger partial charge in [-0.1, -0.05) is 133 Å². The summed E-state index contributed by atoms with van der Waals surface area (Å²) < 4.78 is 2.39. The fraction of sp³-hybridized carbons (Fsp3) is 0. The zero-order chi connectivity index (χ0) is 33.0. The highest BCUT2D eigenvalue weighted by atomic mass is 15.1. The van der Waals surface area contributed by atoms with Crippen LogP contribution in [0.1, 0.15) is 0 Å². The summed E-state index contributed by atoms with van der Waals surface area (Å²) in [7, 11) is 0. The maximum atomic E-state index is 2.41. The van der Waals surface area contributed by atoms with Gasteiger partial charge in [0.2, 0.25) is 0 Å². The summed E-state index contributed by atoms with van der Waals surface area (Å²) in [5.41, 5.74) is 9.42. The Bertz CT molecular complexity index is 2810. The summed E-state index contributed by atoms with van der Waals surface area (Å²) in [6, 6.07) is 70.4. The number of nitrogens with zero attached hydrogens (tertiary/aromatic N) is 2. The van der Waals surface area contributed by atoms with Gasteiger partial charge in [0.05, 0.1) is 16.7 Å². The second-order valence-corrected chi connectivity index (χ2v) is 12.9. The van der Waals surface area contributed by atoms with Gasteiger partial charge in [-0.2, -0.15) is 0 Å². The van der Waals surface area contributed by atoms with E-state index in [0.717, 1.165) is 17.1 Å². The molecule has 10 aromatic rings. The smallest absolute Gasteiger partial charge is 0.0546 e. The first-order chi connectivity index (χ1) is 24.8. The van der Waals surface area contributed by atoms with Crippen molar-refractivity contribution in [3.63, 3.8) is 0 Å². The minimum absolute atomic E-state index is 1.13. The molecule has 234 valence electrons. The van der Waals surface area contributed by atoms with Crippen LogP contribution in [-0.4, -0.2) is 4.57 Å². The largest absolute Gasteiger partial charge is 0.310 e. The van der Waals surface area contributed by atoms with Gasteiger partial charge < -0.3 is 9.47 Å². The molecule has 1 aromatic heterocycles. The van der Waals surface area contributed by atoms with Crippen LogP contribution in [0.5, 0.6) is 0 Å². The van der Waals surface area contributed by atoms with Crippen molar-refractivity contribution < 1.29 is 0 Å². The highest BCUT2D eigenvalue weighted by molar-refractivity contribution is 6.31. The monoisotopic (exact) mass is 636 g/mol. The number of para-hydroxylation sites is 4. The normalized spacial score (nSPS) is 11.6. The topological polar surface area (TPSA) is 8.17 Å². The minimum atomic E-state index is 1.13. The van der Waals surface area contributed by atoms with E-state index < -0.39 is 0 Å². The number of hydrogen-bond donors (Lipinski definition) is 0. The van der Waals surface area contributed by atoms with E-state index in [9.17, 15) is 0 Å². The van der Waals surface area contributed by atoms with Crippen LogP contribution in [0, 0.1) is 0 Å². The van der Waals surface area contributed by atoms with E-state index >= 15 is 0 Å². The van der Waals surface area contributed by atoms with E-state index in [4.69, 9.17) is 0 Å². The first-order valence-electron chi connectivity index (χ1n) is 17.2. The van der Waals surface area contributed by atoms with E-state index in [1.165, 1.54) is 70.9 Å². The fourth-order valence-electron chi connectivity index (χ4n) is 8.03. The average molecular weight is 637 g/mol. The summed E-state index contributed by atoms with van der Waals surface area (Å²) >= 11 is 0. The van der Waals surface area contributed by atoms with E-state index in [2.05, 4.69) is 204 Å². The molecule has 1 heterocycles. The zero-order valence-corrected chi connectivity index (χ0v) is 27.4. The van der Waals surface area contributed by atoms with E-state index in [-0.39, 0.29) is 0 Å². The molecule has 2 nitrogen and oxygen atoms in total.